The molecule has 0 unspecified atom stereocenters. The van der Waals surface area contributed by atoms with Crippen LogP contribution in [-0.2, 0) is 12.8 Å². The minimum absolute atomic E-state index is 0.00215. The van der Waals surface area contributed by atoms with Crippen molar-refractivity contribution in [3.05, 3.63) is 63.7 Å². The van der Waals surface area contributed by atoms with E-state index in [1.165, 1.54) is 0 Å². The molecule has 0 heterocycles. The monoisotopic (exact) mass is 398 g/mol. The van der Waals surface area contributed by atoms with Crippen LogP contribution in [0.3, 0.4) is 0 Å². The van der Waals surface area contributed by atoms with Gasteiger partial charge in [-0.3, -0.25) is 0 Å². The Morgan fingerprint density at radius 1 is 0.552 bits per heavy atom. The molecule has 0 bridgehead atoms. The maximum Gasteiger partial charge on any atom is 0.126 e. The zero-order valence-electron chi connectivity index (χ0n) is 15.9. The van der Waals surface area contributed by atoms with Gasteiger partial charge in [-0.05, 0) is 30.5 Å². The van der Waals surface area contributed by atoms with Crippen LogP contribution in [0.2, 0.25) is 0 Å². The van der Waals surface area contributed by atoms with Crippen LogP contribution in [0.4, 0.5) is 0 Å². The summed E-state index contributed by atoms with van der Waals surface area (Å²) in [6.07, 6.45) is 0.128. The number of aryl methyl sites for hydroxylation is 1. The van der Waals surface area contributed by atoms with E-state index < -0.39 is 0 Å². The van der Waals surface area contributed by atoms with Crippen LogP contribution >= 0.6 is 0 Å². The Hall–Kier alpha value is -3.74. The fourth-order valence-corrected chi connectivity index (χ4v) is 3.43. The highest BCUT2D eigenvalue weighted by Crippen LogP contribution is 2.40. The van der Waals surface area contributed by atoms with Gasteiger partial charge in [0.2, 0.25) is 0 Å². The Morgan fingerprint density at radius 2 is 0.966 bits per heavy atom. The molecule has 7 heteroatoms. The Kier molecular flexibility index (Phi) is 5.07. The van der Waals surface area contributed by atoms with Gasteiger partial charge in [-0.2, -0.15) is 0 Å². The average molecular weight is 398 g/mol. The van der Waals surface area contributed by atoms with Gasteiger partial charge < -0.3 is 35.7 Å². The number of benzene rings is 3. The summed E-state index contributed by atoms with van der Waals surface area (Å²) in [6, 6.07) is 6.18. The van der Waals surface area contributed by atoms with Crippen molar-refractivity contribution in [1.82, 2.24) is 0 Å². The molecule has 29 heavy (non-hydrogen) atoms. The molecule has 3 aromatic carbocycles. The lowest BCUT2D eigenvalue weighted by Crippen LogP contribution is -2.02. The molecule has 0 saturated heterocycles. The second-order valence-electron chi connectivity index (χ2n) is 7.08. The minimum atomic E-state index is -0.307. The molecule has 0 aliphatic rings. The van der Waals surface area contributed by atoms with Gasteiger partial charge in [-0.15, -0.1) is 0 Å². The molecule has 0 atom stereocenters. The summed E-state index contributed by atoms with van der Waals surface area (Å²) in [6.45, 7) is 3.43. The third-order valence-corrected chi connectivity index (χ3v) is 5.08. The van der Waals surface area contributed by atoms with E-state index in [4.69, 9.17) is 0 Å². The van der Waals surface area contributed by atoms with Crippen LogP contribution < -0.4 is 0 Å². The molecule has 0 fully saturated rings. The van der Waals surface area contributed by atoms with E-state index in [-0.39, 0.29) is 64.2 Å². The first-order chi connectivity index (χ1) is 13.6. The summed E-state index contributed by atoms with van der Waals surface area (Å²) in [7, 11) is 0. The van der Waals surface area contributed by atoms with Crippen molar-refractivity contribution in [2.24, 2.45) is 0 Å². The molecule has 3 rings (SSSR count). The molecule has 0 amide bonds. The predicted octanol–water partition coefficient (Wildman–Crippen LogP) is 3.42. The topological polar surface area (TPSA) is 142 Å². The van der Waals surface area contributed by atoms with Crippen LogP contribution in [0.5, 0.6) is 40.2 Å². The summed E-state index contributed by atoms with van der Waals surface area (Å²) in [5, 5.41) is 69.9. The third kappa shape index (κ3) is 3.80. The summed E-state index contributed by atoms with van der Waals surface area (Å²) >= 11 is 0. The van der Waals surface area contributed by atoms with Gasteiger partial charge in [0.1, 0.15) is 40.2 Å². The third-order valence-electron chi connectivity index (χ3n) is 5.08. The first kappa shape index (κ1) is 20.0. The Balaban J connectivity index is 2.09. The maximum absolute atomic E-state index is 10.6. The van der Waals surface area contributed by atoms with Gasteiger partial charge in [0.05, 0.1) is 0 Å². The number of phenols is 7. The SMILES string of the molecule is Cc1cc(Cc2c(O)cc(O)cc2O)c(C)c(Cc2c(O)cc(O)cc2O)c1O. The first-order valence-electron chi connectivity index (χ1n) is 8.87. The van der Waals surface area contributed by atoms with Crippen molar-refractivity contribution in [1.29, 1.82) is 0 Å². The largest absolute Gasteiger partial charge is 0.508 e. The van der Waals surface area contributed by atoms with E-state index >= 15 is 0 Å². The molecule has 0 aliphatic heterocycles. The molecule has 0 aromatic heterocycles. The highest BCUT2D eigenvalue weighted by atomic mass is 16.3. The Labute approximate surface area is 167 Å². The highest BCUT2D eigenvalue weighted by molar-refractivity contribution is 5.58. The molecular formula is C22H22O7. The lowest BCUT2D eigenvalue weighted by Gasteiger charge is -2.18. The fourth-order valence-electron chi connectivity index (χ4n) is 3.43. The van der Waals surface area contributed by atoms with Gasteiger partial charge in [0, 0.05) is 53.8 Å². The molecule has 0 radical (unpaired) electrons. The second-order valence-corrected chi connectivity index (χ2v) is 7.08. The zero-order valence-corrected chi connectivity index (χ0v) is 15.9. The van der Waals surface area contributed by atoms with Crippen molar-refractivity contribution in [2.75, 3.05) is 0 Å². The highest BCUT2D eigenvalue weighted by Gasteiger charge is 2.20. The minimum Gasteiger partial charge on any atom is -0.508 e. The normalized spacial score (nSPS) is 11.0. The lowest BCUT2D eigenvalue weighted by atomic mass is 9.89. The molecule has 7 nitrogen and oxygen atoms in total. The van der Waals surface area contributed by atoms with Gasteiger partial charge in [-0.25, -0.2) is 0 Å². The van der Waals surface area contributed by atoms with Crippen molar-refractivity contribution in [3.63, 3.8) is 0 Å². The molecule has 152 valence electrons. The number of rotatable bonds is 4. The van der Waals surface area contributed by atoms with Crippen molar-refractivity contribution in [2.45, 2.75) is 26.7 Å². The van der Waals surface area contributed by atoms with E-state index in [2.05, 4.69) is 0 Å². The average Bonchev–Trinajstić information content (AvgIpc) is 2.60. The number of aromatic hydroxyl groups is 7. The van der Waals surface area contributed by atoms with Crippen molar-refractivity contribution < 1.29 is 35.7 Å². The molecule has 0 saturated carbocycles. The van der Waals surface area contributed by atoms with Crippen LogP contribution in [0.1, 0.15) is 33.4 Å². The number of hydrogen-bond donors (Lipinski definition) is 7. The van der Waals surface area contributed by atoms with Crippen LogP contribution in [0.25, 0.3) is 0 Å². The molecule has 7 N–H and O–H groups in total. The van der Waals surface area contributed by atoms with Gasteiger partial charge >= 0.3 is 0 Å². The summed E-state index contributed by atoms with van der Waals surface area (Å²) in [5.74, 6) is -1.69. The maximum atomic E-state index is 10.6. The van der Waals surface area contributed by atoms with Crippen LogP contribution in [0, 0.1) is 13.8 Å². The van der Waals surface area contributed by atoms with E-state index in [0.29, 0.717) is 22.3 Å². The second kappa shape index (κ2) is 7.35. The smallest absolute Gasteiger partial charge is 0.126 e. The summed E-state index contributed by atoms with van der Waals surface area (Å²) < 4.78 is 0. The fraction of sp³-hybridized carbons (Fsp3) is 0.182. The summed E-state index contributed by atoms with van der Waals surface area (Å²) in [5.41, 5.74) is 2.70. The molecule has 0 aliphatic carbocycles. The van der Waals surface area contributed by atoms with Crippen molar-refractivity contribution >= 4 is 0 Å². The first-order valence-corrected chi connectivity index (χ1v) is 8.87. The summed E-state index contributed by atoms with van der Waals surface area (Å²) in [4.78, 5) is 0. The zero-order chi connectivity index (χ0) is 21.5. The van der Waals surface area contributed by atoms with Crippen LogP contribution in [-0.4, -0.2) is 35.7 Å². The number of phenolic OH excluding ortho intramolecular Hbond substituents is 7. The van der Waals surface area contributed by atoms with Gasteiger partial charge in [0.25, 0.3) is 0 Å². The Bertz CT molecular complexity index is 1060. The van der Waals surface area contributed by atoms with E-state index in [1.807, 2.05) is 0 Å². The molecular weight excluding hydrogens is 376 g/mol. The predicted molar refractivity (Wildman–Crippen MR) is 106 cm³/mol. The standard InChI is InChI=1S/C22H22O7/c1-10-3-12(4-16-18(25)5-13(23)6-19(16)26)11(2)15(22(10)29)9-17-20(27)7-14(24)8-21(17)28/h3,5-8,23-29H,4,9H2,1-2H3. The molecule has 3 aromatic rings. The van der Waals surface area contributed by atoms with Gasteiger partial charge in [0.15, 0.2) is 0 Å². The van der Waals surface area contributed by atoms with E-state index in [0.717, 1.165) is 24.3 Å². The van der Waals surface area contributed by atoms with Gasteiger partial charge in [-0.1, -0.05) is 6.07 Å². The Morgan fingerprint density at radius 3 is 1.41 bits per heavy atom. The van der Waals surface area contributed by atoms with E-state index in [1.54, 1.807) is 19.9 Å². The number of hydrogen-bond acceptors (Lipinski definition) is 7. The molecule has 0 spiro atoms. The lowest BCUT2D eigenvalue weighted by molar-refractivity contribution is 0.419. The van der Waals surface area contributed by atoms with Crippen molar-refractivity contribution in [3.8, 4) is 40.2 Å². The van der Waals surface area contributed by atoms with Crippen LogP contribution in [0.15, 0.2) is 30.3 Å². The quantitative estimate of drug-likeness (QED) is 0.357. The van der Waals surface area contributed by atoms with E-state index in [9.17, 15) is 35.7 Å².